The highest BCUT2D eigenvalue weighted by Crippen LogP contribution is 2.13. The summed E-state index contributed by atoms with van der Waals surface area (Å²) < 4.78 is 4.49. The lowest BCUT2D eigenvalue weighted by Crippen LogP contribution is -2.09. The summed E-state index contributed by atoms with van der Waals surface area (Å²) >= 11 is 0. The highest BCUT2D eigenvalue weighted by Gasteiger charge is 2.19. The van der Waals surface area contributed by atoms with E-state index in [1.54, 1.807) is 6.08 Å². The molecule has 0 spiro atoms. The Morgan fingerprint density at radius 2 is 2.56 bits per heavy atom. The van der Waals surface area contributed by atoms with Crippen LogP contribution < -0.4 is 0 Å². The number of rotatable bonds is 2. The first-order valence-electron chi connectivity index (χ1n) is 2.82. The fourth-order valence-electron chi connectivity index (χ4n) is 0.720. The molecular weight excluding hydrogens is 120 g/mol. The fourth-order valence-corrected chi connectivity index (χ4v) is 0.720. The second kappa shape index (κ2) is 2.64. The molecule has 0 saturated carbocycles. The largest absolute Gasteiger partial charge is 0.434 e. The maximum Gasteiger partial charge on any atom is 0.317 e. The highest BCUT2D eigenvalue weighted by molar-refractivity contribution is 5.77. The molecule has 3 nitrogen and oxygen atoms in total. The third kappa shape index (κ3) is 1.29. The average Bonchev–Trinajstić information content (AvgIpc) is 2.18. The summed E-state index contributed by atoms with van der Waals surface area (Å²) in [5.41, 5.74) is 0. The fraction of sp³-hybridized carbons (Fsp3) is 0.500. The molecule has 1 atom stereocenters. The van der Waals surface area contributed by atoms with Gasteiger partial charge in [0, 0.05) is 6.61 Å². The number of carbonyl (C=O) groups excluding carboxylic acids is 1. The molecule has 0 bridgehead atoms. The minimum atomic E-state index is -0.260. The van der Waals surface area contributed by atoms with Gasteiger partial charge in [-0.1, -0.05) is 0 Å². The lowest BCUT2D eigenvalue weighted by molar-refractivity contribution is -0.139. The van der Waals surface area contributed by atoms with Crippen molar-refractivity contribution in [2.45, 2.75) is 6.42 Å². The third-order valence-electron chi connectivity index (χ3n) is 1.24. The maximum absolute atomic E-state index is 10.6. The normalized spacial score (nSPS) is 24.6. The van der Waals surface area contributed by atoms with Crippen molar-refractivity contribution in [3.8, 4) is 0 Å². The van der Waals surface area contributed by atoms with Crippen molar-refractivity contribution in [2.24, 2.45) is 5.92 Å². The Labute approximate surface area is 52.9 Å². The minimum absolute atomic E-state index is 0.0319. The minimum Gasteiger partial charge on any atom is -0.434 e. The Kier molecular flexibility index (Phi) is 1.85. The van der Waals surface area contributed by atoms with Crippen LogP contribution in [0.4, 0.5) is 0 Å². The van der Waals surface area contributed by atoms with Crippen molar-refractivity contribution in [2.75, 3.05) is 6.61 Å². The number of hydrogen-bond acceptors (Lipinski definition) is 3. The molecule has 0 aromatic heterocycles. The van der Waals surface area contributed by atoms with Gasteiger partial charge in [0.05, 0.1) is 12.2 Å². The zero-order chi connectivity index (χ0) is 6.69. The summed E-state index contributed by atoms with van der Waals surface area (Å²) in [6.07, 6.45) is 3.48. The number of cyclic esters (lactones) is 1. The summed E-state index contributed by atoms with van der Waals surface area (Å²) in [5, 5.41) is 8.40. The number of aliphatic hydroxyl groups excluding tert-OH is 1. The Morgan fingerprint density at radius 3 is 3.00 bits per heavy atom. The van der Waals surface area contributed by atoms with Crippen LogP contribution in [-0.2, 0) is 9.53 Å². The van der Waals surface area contributed by atoms with Gasteiger partial charge >= 0.3 is 5.97 Å². The molecule has 0 amide bonds. The van der Waals surface area contributed by atoms with E-state index in [2.05, 4.69) is 4.74 Å². The van der Waals surface area contributed by atoms with Crippen molar-refractivity contribution in [3.05, 3.63) is 12.3 Å². The molecule has 9 heavy (non-hydrogen) atoms. The van der Waals surface area contributed by atoms with Crippen LogP contribution in [0.15, 0.2) is 12.3 Å². The molecule has 1 rings (SSSR count). The van der Waals surface area contributed by atoms with Gasteiger partial charge in [-0.05, 0) is 12.5 Å². The summed E-state index contributed by atoms with van der Waals surface area (Å²) in [6.45, 7) is 0.0319. The number of aliphatic hydroxyl groups is 1. The SMILES string of the molecule is O=C1OC=CC1CCO. The van der Waals surface area contributed by atoms with Gasteiger partial charge in [0.2, 0.25) is 0 Å². The van der Waals surface area contributed by atoms with Crippen molar-refractivity contribution < 1.29 is 14.6 Å². The smallest absolute Gasteiger partial charge is 0.317 e. The van der Waals surface area contributed by atoms with Crippen LogP contribution in [0.3, 0.4) is 0 Å². The topological polar surface area (TPSA) is 46.5 Å². The standard InChI is InChI=1S/C6H8O3/c7-3-1-5-2-4-9-6(5)8/h2,4-5,7H,1,3H2. The van der Waals surface area contributed by atoms with Crippen molar-refractivity contribution >= 4 is 5.97 Å². The van der Waals surface area contributed by atoms with Crippen LogP contribution in [0.5, 0.6) is 0 Å². The van der Waals surface area contributed by atoms with E-state index in [4.69, 9.17) is 5.11 Å². The van der Waals surface area contributed by atoms with E-state index in [0.717, 1.165) is 0 Å². The Balaban J connectivity index is 2.40. The van der Waals surface area contributed by atoms with Crippen LogP contribution in [0, 0.1) is 5.92 Å². The Bertz CT molecular complexity index is 139. The van der Waals surface area contributed by atoms with Gasteiger partial charge in [-0.15, -0.1) is 0 Å². The first kappa shape index (κ1) is 6.29. The number of esters is 1. The van der Waals surface area contributed by atoms with Gasteiger partial charge in [-0.2, -0.15) is 0 Å². The summed E-state index contributed by atoms with van der Waals surface area (Å²) in [6, 6.07) is 0. The highest BCUT2D eigenvalue weighted by atomic mass is 16.5. The Hall–Kier alpha value is -0.830. The molecule has 0 fully saturated rings. The van der Waals surface area contributed by atoms with Gasteiger partial charge in [0.15, 0.2) is 0 Å². The average molecular weight is 128 g/mol. The van der Waals surface area contributed by atoms with E-state index in [0.29, 0.717) is 6.42 Å². The van der Waals surface area contributed by atoms with Crippen molar-refractivity contribution in [1.29, 1.82) is 0 Å². The molecule has 50 valence electrons. The second-order valence-electron chi connectivity index (χ2n) is 1.88. The zero-order valence-electron chi connectivity index (χ0n) is 4.91. The number of ether oxygens (including phenoxy) is 1. The van der Waals surface area contributed by atoms with Gasteiger partial charge in [0.1, 0.15) is 0 Å². The molecule has 1 aliphatic rings. The maximum atomic E-state index is 10.6. The molecule has 0 aromatic carbocycles. The first-order chi connectivity index (χ1) is 4.34. The van der Waals surface area contributed by atoms with Gasteiger partial charge in [-0.25, -0.2) is 0 Å². The van der Waals surface area contributed by atoms with E-state index < -0.39 is 0 Å². The molecular formula is C6H8O3. The van der Waals surface area contributed by atoms with Crippen molar-refractivity contribution in [3.63, 3.8) is 0 Å². The molecule has 0 radical (unpaired) electrons. The van der Waals surface area contributed by atoms with E-state index >= 15 is 0 Å². The van der Waals surface area contributed by atoms with Gasteiger partial charge < -0.3 is 9.84 Å². The summed E-state index contributed by atoms with van der Waals surface area (Å²) in [7, 11) is 0. The Morgan fingerprint density at radius 1 is 1.78 bits per heavy atom. The van der Waals surface area contributed by atoms with Gasteiger partial charge in [0.25, 0.3) is 0 Å². The lowest BCUT2D eigenvalue weighted by Gasteiger charge is -1.98. The predicted octanol–water partition coefficient (Wildman–Crippen LogP) is 0.0555. The molecule has 1 unspecified atom stereocenters. The van der Waals surface area contributed by atoms with E-state index in [-0.39, 0.29) is 18.5 Å². The van der Waals surface area contributed by atoms with Crippen LogP contribution in [0.1, 0.15) is 6.42 Å². The summed E-state index contributed by atoms with van der Waals surface area (Å²) in [4.78, 5) is 10.6. The van der Waals surface area contributed by atoms with Crippen molar-refractivity contribution in [1.82, 2.24) is 0 Å². The zero-order valence-corrected chi connectivity index (χ0v) is 4.91. The van der Waals surface area contributed by atoms with E-state index in [1.807, 2.05) is 0 Å². The molecule has 1 N–H and O–H groups in total. The van der Waals surface area contributed by atoms with Crippen LogP contribution in [0.25, 0.3) is 0 Å². The van der Waals surface area contributed by atoms with Crippen LogP contribution >= 0.6 is 0 Å². The van der Waals surface area contributed by atoms with E-state index in [1.165, 1.54) is 6.26 Å². The molecule has 0 aliphatic carbocycles. The molecule has 0 saturated heterocycles. The second-order valence-corrected chi connectivity index (χ2v) is 1.88. The quantitative estimate of drug-likeness (QED) is 0.535. The lowest BCUT2D eigenvalue weighted by atomic mass is 10.1. The van der Waals surface area contributed by atoms with Gasteiger partial charge in [-0.3, -0.25) is 4.79 Å². The van der Waals surface area contributed by atoms with E-state index in [9.17, 15) is 4.79 Å². The monoisotopic (exact) mass is 128 g/mol. The predicted molar refractivity (Wildman–Crippen MR) is 30.4 cm³/mol. The summed E-state index contributed by atoms with van der Waals surface area (Å²) in [5.74, 6) is -0.473. The number of hydrogen-bond donors (Lipinski definition) is 1. The molecule has 1 heterocycles. The van der Waals surface area contributed by atoms with Crippen LogP contribution in [0.2, 0.25) is 0 Å². The first-order valence-corrected chi connectivity index (χ1v) is 2.82. The molecule has 1 aliphatic heterocycles. The third-order valence-corrected chi connectivity index (χ3v) is 1.24. The molecule has 0 aromatic rings. The van der Waals surface area contributed by atoms with Crippen LogP contribution in [-0.4, -0.2) is 17.7 Å². The number of carbonyl (C=O) groups is 1. The molecule has 3 heteroatoms.